The third-order valence-electron chi connectivity index (χ3n) is 4.72. The Labute approximate surface area is 150 Å². The number of hydrogen-bond donors (Lipinski definition) is 2. The summed E-state index contributed by atoms with van der Waals surface area (Å²) in [5, 5.41) is 1.01. The van der Waals surface area contributed by atoms with Gasteiger partial charge >= 0.3 is 0 Å². The molecule has 0 unspecified atom stereocenters. The van der Waals surface area contributed by atoms with Gasteiger partial charge in [0.2, 0.25) is 0 Å². The SMILES string of the molecule is NCc1cc(C(=O)N2CCN(C(=O)c3cc4ccccc4[nH]3)CC2)co1. The summed E-state index contributed by atoms with van der Waals surface area (Å²) < 4.78 is 5.23. The third-order valence-corrected chi connectivity index (χ3v) is 4.72. The van der Waals surface area contributed by atoms with Gasteiger partial charge in [-0.3, -0.25) is 9.59 Å². The second-order valence-electron chi connectivity index (χ2n) is 6.36. The maximum atomic E-state index is 12.7. The van der Waals surface area contributed by atoms with E-state index in [1.165, 1.54) is 6.26 Å². The molecule has 2 amide bonds. The van der Waals surface area contributed by atoms with Gasteiger partial charge in [-0.2, -0.15) is 0 Å². The van der Waals surface area contributed by atoms with Crippen LogP contribution in [0.25, 0.3) is 10.9 Å². The summed E-state index contributed by atoms with van der Waals surface area (Å²) in [6.45, 7) is 2.25. The Morgan fingerprint density at radius 1 is 1.04 bits per heavy atom. The predicted molar refractivity (Wildman–Crippen MR) is 96.7 cm³/mol. The van der Waals surface area contributed by atoms with Crippen molar-refractivity contribution in [3.8, 4) is 0 Å². The van der Waals surface area contributed by atoms with Gasteiger partial charge in [0.1, 0.15) is 17.7 Å². The maximum absolute atomic E-state index is 12.7. The molecule has 1 saturated heterocycles. The zero-order chi connectivity index (χ0) is 18.1. The molecule has 7 heteroatoms. The van der Waals surface area contributed by atoms with Gasteiger partial charge in [0.15, 0.2) is 0 Å². The van der Waals surface area contributed by atoms with Crippen LogP contribution in [0.4, 0.5) is 0 Å². The number of aromatic nitrogens is 1. The van der Waals surface area contributed by atoms with Crippen LogP contribution in [0.3, 0.4) is 0 Å². The van der Waals surface area contributed by atoms with Gasteiger partial charge in [-0.05, 0) is 18.2 Å². The molecule has 134 valence electrons. The number of aromatic amines is 1. The number of amides is 2. The Morgan fingerprint density at radius 3 is 2.38 bits per heavy atom. The number of nitrogens with two attached hydrogens (primary N) is 1. The minimum absolute atomic E-state index is 0.0398. The molecule has 0 radical (unpaired) electrons. The molecule has 0 saturated carbocycles. The first-order valence-corrected chi connectivity index (χ1v) is 8.59. The quantitative estimate of drug-likeness (QED) is 0.751. The van der Waals surface area contributed by atoms with Crippen LogP contribution in [0.2, 0.25) is 0 Å². The van der Waals surface area contributed by atoms with Crippen molar-refractivity contribution in [1.82, 2.24) is 14.8 Å². The van der Waals surface area contributed by atoms with Crippen molar-refractivity contribution in [2.24, 2.45) is 5.73 Å². The number of H-pyrrole nitrogens is 1. The molecule has 3 aromatic rings. The molecule has 0 bridgehead atoms. The molecule has 2 aromatic heterocycles. The van der Waals surface area contributed by atoms with E-state index in [0.717, 1.165) is 10.9 Å². The van der Waals surface area contributed by atoms with Crippen LogP contribution in [-0.2, 0) is 6.54 Å². The van der Waals surface area contributed by atoms with E-state index >= 15 is 0 Å². The fourth-order valence-electron chi connectivity index (χ4n) is 3.25. The Hall–Kier alpha value is -3.06. The Morgan fingerprint density at radius 2 is 1.73 bits per heavy atom. The van der Waals surface area contributed by atoms with Crippen LogP contribution in [0.15, 0.2) is 47.1 Å². The molecule has 7 nitrogen and oxygen atoms in total. The Kier molecular flexibility index (Phi) is 4.22. The van der Waals surface area contributed by atoms with E-state index in [1.807, 2.05) is 30.3 Å². The van der Waals surface area contributed by atoms with Crippen LogP contribution in [0.5, 0.6) is 0 Å². The Balaban J connectivity index is 1.41. The molecule has 26 heavy (non-hydrogen) atoms. The first kappa shape index (κ1) is 16.4. The smallest absolute Gasteiger partial charge is 0.270 e. The minimum atomic E-state index is -0.0915. The topological polar surface area (TPSA) is 95.6 Å². The first-order chi connectivity index (χ1) is 12.7. The molecule has 4 rings (SSSR count). The van der Waals surface area contributed by atoms with E-state index in [-0.39, 0.29) is 18.4 Å². The van der Waals surface area contributed by atoms with Gasteiger partial charge in [0.25, 0.3) is 11.8 Å². The van der Waals surface area contributed by atoms with Crippen molar-refractivity contribution in [2.45, 2.75) is 6.54 Å². The lowest BCUT2D eigenvalue weighted by molar-refractivity contribution is 0.0532. The monoisotopic (exact) mass is 352 g/mol. The molecular formula is C19H20N4O3. The molecule has 1 aromatic carbocycles. The zero-order valence-corrected chi connectivity index (χ0v) is 14.3. The van der Waals surface area contributed by atoms with E-state index < -0.39 is 0 Å². The summed E-state index contributed by atoms with van der Waals surface area (Å²) in [5.41, 5.74) is 7.53. The van der Waals surface area contributed by atoms with E-state index in [0.29, 0.717) is 43.2 Å². The summed E-state index contributed by atoms with van der Waals surface area (Å²) in [7, 11) is 0. The molecule has 3 heterocycles. The lowest BCUT2D eigenvalue weighted by Gasteiger charge is -2.34. The van der Waals surface area contributed by atoms with E-state index in [2.05, 4.69) is 4.98 Å². The van der Waals surface area contributed by atoms with E-state index in [1.54, 1.807) is 15.9 Å². The second kappa shape index (κ2) is 6.68. The highest BCUT2D eigenvalue weighted by Crippen LogP contribution is 2.18. The standard InChI is InChI=1S/C19H20N4O3/c20-11-15-9-14(12-26-15)18(24)22-5-7-23(8-6-22)19(25)17-10-13-3-1-2-4-16(13)21-17/h1-4,9-10,12,21H,5-8,11,20H2. The van der Waals surface area contributed by atoms with Crippen LogP contribution < -0.4 is 5.73 Å². The number of hydrogen-bond acceptors (Lipinski definition) is 4. The van der Waals surface area contributed by atoms with Gasteiger partial charge in [0.05, 0.1) is 12.1 Å². The normalized spacial score (nSPS) is 14.8. The van der Waals surface area contributed by atoms with Crippen molar-refractivity contribution < 1.29 is 14.0 Å². The van der Waals surface area contributed by atoms with Gasteiger partial charge in [-0.25, -0.2) is 0 Å². The van der Waals surface area contributed by atoms with Gasteiger partial charge in [0, 0.05) is 37.1 Å². The number of carbonyl (C=O) groups is 2. The summed E-state index contributed by atoms with van der Waals surface area (Å²) in [6, 6.07) is 11.3. The first-order valence-electron chi connectivity index (χ1n) is 8.59. The molecule has 1 aliphatic heterocycles. The fourth-order valence-corrected chi connectivity index (χ4v) is 3.25. The number of para-hydroxylation sites is 1. The van der Waals surface area contributed by atoms with Crippen LogP contribution in [-0.4, -0.2) is 52.8 Å². The number of nitrogens with one attached hydrogen (secondary N) is 1. The highest BCUT2D eigenvalue weighted by molar-refractivity contribution is 5.98. The molecule has 1 aliphatic rings. The number of rotatable bonds is 3. The van der Waals surface area contributed by atoms with Crippen LogP contribution >= 0.6 is 0 Å². The van der Waals surface area contributed by atoms with E-state index in [9.17, 15) is 9.59 Å². The third kappa shape index (κ3) is 2.97. The summed E-state index contributed by atoms with van der Waals surface area (Å²) >= 11 is 0. The molecule has 1 fully saturated rings. The average Bonchev–Trinajstić information content (AvgIpc) is 3.33. The lowest BCUT2D eigenvalue weighted by Crippen LogP contribution is -2.50. The van der Waals surface area contributed by atoms with Crippen LogP contribution in [0, 0.1) is 0 Å². The minimum Gasteiger partial charge on any atom is -0.467 e. The second-order valence-corrected chi connectivity index (χ2v) is 6.36. The largest absolute Gasteiger partial charge is 0.467 e. The van der Waals surface area contributed by atoms with Crippen molar-refractivity contribution in [1.29, 1.82) is 0 Å². The van der Waals surface area contributed by atoms with E-state index in [4.69, 9.17) is 10.2 Å². The van der Waals surface area contributed by atoms with Gasteiger partial charge < -0.3 is 24.9 Å². The van der Waals surface area contributed by atoms with Gasteiger partial charge in [-0.1, -0.05) is 18.2 Å². The Bertz CT molecular complexity index is 918. The number of furan rings is 1. The number of benzene rings is 1. The molecule has 0 spiro atoms. The lowest BCUT2D eigenvalue weighted by atomic mass is 10.2. The van der Waals surface area contributed by atoms with Crippen LogP contribution in [0.1, 0.15) is 26.6 Å². The van der Waals surface area contributed by atoms with Crippen molar-refractivity contribution in [3.05, 3.63) is 59.7 Å². The number of fused-ring (bicyclic) bond motifs is 1. The molecule has 0 aliphatic carbocycles. The molecule has 0 atom stereocenters. The van der Waals surface area contributed by atoms with Crippen molar-refractivity contribution in [2.75, 3.05) is 26.2 Å². The molecule has 3 N–H and O–H groups in total. The summed E-state index contributed by atoms with van der Waals surface area (Å²) in [6.07, 6.45) is 1.44. The van der Waals surface area contributed by atoms with Crippen molar-refractivity contribution >= 4 is 22.7 Å². The summed E-state index contributed by atoms with van der Waals surface area (Å²) in [5.74, 6) is 0.453. The average molecular weight is 352 g/mol. The number of carbonyl (C=O) groups excluding carboxylic acids is 2. The fraction of sp³-hybridized carbons (Fsp3) is 0.263. The van der Waals surface area contributed by atoms with Crippen molar-refractivity contribution in [3.63, 3.8) is 0 Å². The highest BCUT2D eigenvalue weighted by atomic mass is 16.3. The molecular weight excluding hydrogens is 332 g/mol. The zero-order valence-electron chi connectivity index (χ0n) is 14.3. The highest BCUT2D eigenvalue weighted by Gasteiger charge is 2.27. The maximum Gasteiger partial charge on any atom is 0.270 e. The summed E-state index contributed by atoms with van der Waals surface area (Å²) in [4.78, 5) is 31.9. The predicted octanol–water partition coefficient (Wildman–Crippen LogP) is 1.82. The number of piperazine rings is 1. The van der Waals surface area contributed by atoms with Gasteiger partial charge in [-0.15, -0.1) is 0 Å². The number of nitrogens with zero attached hydrogens (tertiary/aromatic N) is 2.